The topological polar surface area (TPSA) is 108 Å². The number of rotatable bonds is 61. The first-order valence-corrected chi connectivity index (χ1v) is 33.1. The van der Waals surface area contributed by atoms with Crippen LogP contribution < -0.4 is 0 Å². The summed E-state index contributed by atoms with van der Waals surface area (Å²) in [5.41, 5.74) is 0. The van der Waals surface area contributed by atoms with E-state index in [1.807, 2.05) is 21.1 Å². The molecule has 0 radical (unpaired) electrons. The van der Waals surface area contributed by atoms with Gasteiger partial charge in [-0.15, -0.1) is 0 Å². The van der Waals surface area contributed by atoms with Gasteiger partial charge in [0.2, 0.25) is 0 Å². The van der Waals surface area contributed by atoms with Gasteiger partial charge in [0.05, 0.1) is 34.4 Å². The maximum absolute atomic E-state index is 12.9. The van der Waals surface area contributed by atoms with Gasteiger partial charge in [-0.2, -0.15) is 0 Å². The smallest absolute Gasteiger partial charge is 0.361 e. The van der Waals surface area contributed by atoms with E-state index in [-0.39, 0.29) is 32.2 Å². The molecule has 0 amide bonds. The molecule has 0 aromatic heterocycles. The maximum Gasteiger partial charge on any atom is 0.361 e. The lowest BCUT2D eigenvalue weighted by Gasteiger charge is -2.25. The quantitative estimate of drug-likeness (QED) is 0.0211. The SMILES string of the molecule is CC/C=C\C/C=C\C/C=C\C/C=C\CCCCCCC(=O)OC(COC(=O)CCCCCCCCCCCCCCCCCCCCCCCCCCC/C=C\C/C=C\CCCCCCC)COC(OCC[N+](C)(C)C)C(=O)O. The molecule has 9 heteroatoms. The highest BCUT2D eigenvalue weighted by atomic mass is 16.7. The van der Waals surface area contributed by atoms with Gasteiger partial charge < -0.3 is 28.5 Å². The van der Waals surface area contributed by atoms with Crippen LogP contribution in [-0.2, 0) is 33.3 Å². The van der Waals surface area contributed by atoms with Crippen LogP contribution >= 0.6 is 0 Å². The first-order chi connectivity index (χ1) is 38.6. The third-order valence-electron chi connectivity index (χ3n) is 14.4. The summed E-state index contributed by atoms with van der Waals surface area (Å²) in [7, 11) is 5.96. The van der Waals surface area contributed by atoms with Crippen molar-refractivity contribution in [1.29, 1.82) is 0 Å². The number of carbonyl (C=O) groups is 3. The van der Waals surface area contributed by atoms with E-state index in [4.69, 9.17) is 18.9 Å². The van der Waals surface area contributed by atoms with Gasteiger partial charge in [0, 0.05) is 12.8 Å². The minimum atomic E-state index is -1.52. The summed E-state index contributed by atoms with van der Waals surface area (Å²) in [6.07, 6.45) is 77.4. The Morgan fingerprint density at radius 1 is 0.392 bits per heavy atom. The van der Waals surface area contributed by atoms with Crippen molar-refractivity contribution in [3.63, 3.8) is 0 Å². The number of hydrogen-bond donors (Lipinski definition) is 1. The number of carboxylic acid groups (broad SMARTS) is 1. The maximum atomic E-state index is 12.9. The highest BCUT2D eigenvalue weighted by Crippen LogP contribution is 2.18. The molecule has 0 saturated carbocycles. The Bertz CT molecular complexity index is 1520. The molecule has 0 aliphatic heterocycles. The number of aliphatic carboxylic acids is 1. The zero-order valence-electron chi connectivity index (χ0n) is 52.3. The van der Waals surface area contributed by atoms with E-state index in [0.29, 0.717) is 23.9 Å². The van der Waals surface area contributed by atoms with Crippen molar-refractivity contribution in [2.45, 2.75) is 309 Å². The summed E-state index contributed by atoms with van der Waals surface area (Å²) in [5.74, 6) is -2.03. The van der Waals surface area contributed by atoms with Crippen molar-refractivity contribution in [3.05, 3.63) is 72.9 Å². The number of nitrogens with zero attached hydrogens (tertiary/aromatic N) is 1. The zero-order chi connectivity index (χ0) is 57.6. The Kier molecular flexibility index (Phi) is 58.3. The fourth-order valence-electron chi connectivity index (χ4n) is 9.39. The van der Waals surface area contributed by atoms with Crippen LogP contribution in [0.5, 0.6) is 0 Å². The molecular weight excluding hydrogens is 983 g/mol. The number of quaternary nitrogens is 1. The Morgan fingerprint density at radius 3 is 1.08 bits per heavy atom. The second kappa shape index (κ2) is 60.8. The summed E-state index contributed by atoms with van der Waals surface area (Å²) in [6.45, 7) is 4.75. The van der Waals surface area contributed by atoms with Gasteiger partial charge in [0.25, 0.3) is 6.29 Å². The Hall–Kier alpha value is -3.27. The average Bonchev–Trinajstić information content (AvgIpc) is 3.42. The standard InChI is InChI=1S/C70H125NO8/c1-6-8-10-12-14-16-18-20-22-24-25-26-27-28-29-30-31-32-33-34-35-36-37-38-39-40-41-42-43-45-46-48-50-52-54-56-58-60-67(72)77-64-66(65-78-70(69(74)75)76-63-62-71(3,4)5)79-68(73)61-59-57-55-53-51-49-47-44-23-21-19-17-15-13-11-9-7-2/h9,11,15,17-18,20-21,23-25,47,49,66,70H,6-8,10,12-14,16,19,22,26-46,48,50-65H2,1-5H3/p+1/b11-9-,17-15-,20-18-,23-21-,25-24-,49-47-. The molecule has 9 nitrogen and oxygen atoms in total. The Balaban J connectivity index is 4.00. The predicted octanol–water partition coefficient (Wildman–Crippen LogP) is 20.1. The van der Waals surface area contributed by atoms with Gasteiger partial charge in [-0.25, -0.2) is 4.79 Å². The lowest BCUT2D eigenvalue weighted by atomic mass is 10.0. The highest BCUT2D eigenvalue weighted by Gasteiger charge is 2.25. The molecule has 2 unspecified atom stereocenters. The van der Waals surface area contributed by atoms with Gasteiger partial charge in [-0.3, -0.25) is 9.59 Å². The fraction of sp³-hybridized carbons (Fsp3) is 0.786. The van der Waals surface area contributed by atoms with Crippen LogP contribution in [0.2, 0.25) is 0 Å². The van der Waals surface area contributed by atoms with Crippen LogP contribution in [0, 0.1) is 0 Å². The van der Waals surface area contributed by atoms with Gasteiger partial charge in [0.1, 0.15) is 13.2 Å². The summed E-state index contributed by atoms with van der Waals surface area (Å²) >= 11 is 0. The van der Waals surface area contributed by atoms with E-state index in [9.17, 15) is 19.5 Å². The van der Waals surface area contributed by atoms with Gasteiger partial charge in [-0.05, 0) is 83.5 Å². The van der Waals surface area contributed by atoms with Crippen molar-refractivity contribution in [3.8, 4) is 0 Å². The number of hydrogen-bond acceptors (Lipinski definition) is 7. The van der Waals surface area contributed by atoms with E-state index >= 15 is 0 Å². The molecule has 0 fully saturated rings. The van der Waals surface area contributed by atoms with Gasteiger partial charge in [0.15, 0.2) is 6.10 Å². The third-order valence-corrected chi connectivity index (χ3v) is 14.4. The van der Waals surface area contributed by atoms with Crippen LogP contribution in [0.3, 0.4) is 0 Å². The number of ether oxygens (including phenoxy) is 4. The second-order valence-corrected chi connectivity index (χ2v) is 23.4. The van der Waals surface area contributed by atoms with Crippen LogP contribution in [0.25, 0.3) is 0 Å². The van der Waals surface area contributed by atoms with Gasteiger partial charge >= 0.3 is 17.9 Å². The van der Waals surface area contributed by atoms with E-state index in [1.54, 1.807) is 0 Å². The monoisotopic (exact) mass is 1110 g/mol. The fourth-order valence-corrected chi connectivity index (χ4v) is 9.39. The molecule has 0 rings (SSSR count). The van der Waals surface area contributed by atoms with Crippen molar-refractivity contribution in [2.24, 2.45) is 0 Å². The second-order valence-electron chi connectivity index (χ2n) is 23.4. The van der Waals surface area contributed by atoms with Crippen molar-refractivity contribution in [2.75, 3.05) is 47.5 Å². The van der Waals surface area contributed by atoms with Crippen molar-refractivity contribution in [1.82, 2.24) is 0 Å². The molecule has 0 aliphatic carbocycles. The molecule has 0 bridgehead atoms. The van der Waals surface area contributed by atoms with Crippen molar-refractivity contribution < 1.29 is 42.9 Å². The van der Waals surface area contributed by atoms with Crippen LogP contribution in [-0.4, -0.2) is 87.4 Å². The lowest BCUT2D eigenvalue weighted by molar-refractivity contribution is -0.870. The molecule has 79 heavy (non-hydrogen) atoms. The number of unbranched alkanes of at least 4 members (excludes halogenated alkanes) is 34. The van der Waals surface area contributed by atoms with Crippen LogP contribution in [0.1, 0.15) is 296 Å². The largest absolute Gasteiger partial charge is 0.477 e. The van der Waals surface area contributed by atoms with Crippen molar-refractivity contribution >= 4 is 17.9 Å². The number of likely N-dealkylation sites (N-methyl/N-ethyl adjacent to an activating group) is 1. The van der Waals surface area contributed by atoms with E-state index < -0.39 is 24.3 Å². The van der Waals surface area contributed by atoms with Gasteiger partial charge in [-0.1, -0.05) is 273 Å². The number of allylic oxidation sites excluding steroid dienone is 12. The lowest BCUT2D eigenvalue weighted by Crippen LogP contribution is -2.40. The predicted molar refractivity (Wildman–Crippen MR) is 336 cm³/mol. The molecule has 0 heterocycles. The van der Waals surface area contributed by atoms with Crippen LogP contribution in [0.4, 0.5) is 0 Å². The molecule has 0 aliphatic rings. The normalized spacial score (nSPS) is 13.2. The average molecular weight is 1110 g/mol. The highest BCUT2D eigenvalue weighted by molar-refractivity contribution is 5.71. The summed E-state index contributed by atoms with van der Waals surface area (Å²) in [6, 6.07) is 0. The molecule has 0 spiro atoms. The molecule has 2 atom stereocenters. The number of esters is 2. The third kappa shape index (κ3) is 62.2. The summed E-state index contributed by atoms with van der Waals surface area (Å²) < 4.78 is 22.9. The Labute approximate surface area is 487 Å². The molecular formula is C70H126NO8+. The first-order valence-electron chi connectivity index (χ1n) is 33.1. The van der Waals surface area contributed by atoms with E-state index in [2.05, 4.69) is 86.8 Å². The molecule has 0 saturated heterocycles. The summed E-state index contributed by atoms with van der Waals surface area (Å²) in [5, 5.41) is 9.71. The molecule has 0 aromatic rings. The minimum absolute atomic E-state index is 0.181. The Morgan fingerprint density at radius 2 is 0.722 bits per heavy atom. The number of carbonyl (C=O) groups excluding carboxylic acids is 2. The van der Waals surface area contributed by atoms with E-state index in [0.717, 1.165) is 77.0 Å². The minimum Gasteiger partial charge on any atom is -0.477 e. The zero-order valence-corrected chi connectivity index (χ0v) is 52.3. The number of carboxylic acids is 1. The van der Waals surface area contributed by atoms with E-state index in [1.165, 1.54) is 186 Å². The first kappa shape index (κ1) is 75.7. The molecule has 1 N–H and O–H groups in total. The molecule has 0 aromatic carbocycles. The molecule has 458 valence electrons. The van der Waals surface area contributed by atoms with Crippen LogP contribution in [0.15, 0.2) is 72.9 Å². The summed E-state index contributed by atoms with van der Waals surface area (Å²) in [4.78, 5) is 37.5.